The zero-order valence-electron chi connectivity index (χ0n) is 53.2. The first-order valence-corrected chi connectivity index (χ1v) is 34.8. The molecule has 0 fully saturated rings. The normalized spacial score (nSPS) is 14.3. The number of esters is 1. The van der Waals surface area contributed by atoms with E-state index >= 15 is 0 Å². The van der Waals surface area contributed by atoms with Gasteiger partial charge in [-0.3, -0.25) is 18.6 Å². The molecule has 2 N–H and O–H groups in total. The molecule has 9 nitrogen and oxygen atoms in total. The number of phosphoric ester groups is 1. The Hall–Kier alpha value is -3.33. The molecule has 0 radical (unpaired) electrons. The fraction of sp³-hybridized carbons (Fsp3) is 0.718. The van der Waals surface area contributed by atoms with Gasteiger partial charge in [0.2, 0.25) is 5.91 Å². The Morgan fingerprint density at radius 2 is 0.840 bits per heavy atom. The molecule has 81 heavy (non-hydrogen) atoms. The van der Waals surface area contributed by atoms with E-state index in [4.69, 9.17) is 13.8 Å². The highest BCUT2D eigenvalue weighted by molar-refractivity contribution is 7.47. The first-order valence-electron chi connectivity index (χ1n) is 33.3. The van der Waals surface area contributed by atoms with E-state index in [0.717, 1.165) is 70.6 Å². The van der Waals surface area contributed by atoms with Crippen LogP contribution in [0.4, 0.5) is 0 Å². The van der Waals surface area contributed by atoms with Crippen molar-refractivity contribution in [3.63, 3.8) is 0 Å². The summed E-state index contributed by atoms with van der Waals surface area (Å²) in [7, 11) is 1.46. The van der Waals surface area contributed by atoms with Crippen molar-refractivity contribution >= 4 is 19.7 Å². The number of unbranched alkanes of at least 4 members (excludes halogenated alkanes) is 32. The summed E-state index contributed by atoms with van der Waals surface area (Å²) in [6, 6.07) is -0.873. The zero-order chi connectivity index (χ0) is 59.3. The molecule has 0 aliphatic heterocycles. The lowest BCUT2D eigenvalue weighted by Gasteiger charge is -2.27. The summed E-state index contributed by atoms with van der Waals surface area (Å²) in [6.07, 6.45) is 82.5. The van der Waals surface area contributed by atoms with Crippen LogP contribution in [0.5, 0.6) is 0 Å². The van der Waals surface area contributed by atoms with Gasteiger partial charge in [-0.2, -0.15) is 0 Å². The van der Waals surface area contributed by atoms with Crippen molar-refractivity contribution in [3.8, 4) is 0 Å². The summed E-state index contributed by atoms with van der Waals surface area (Å²) in [4.78, 5) is 37.7. The summed E-state index contributed by atoms with van der Waals surface area (Å²) < 4.78 is 30.7. The third-order valence-electron chi connectivity index (χ3n) is 14.4. The average Bonchev–Trinajstić information content (AvgIpc) is 3.43. The first-order chi connectivity index (χ1) is 39.4. The van der Waals surface area contributed by atoms with Crippen LogP contribution in [0.1, 0.15) is 278 Å². The summed E-state index contributed by atoms with van der Waals surface area (Å²) in [6.45, 7) is 6.81. The van der Waals surface area contributed by atoms with Gasteiger partial charge in [-0.15, -0.1) is 0 Å². The SMILES string of the molecule is CC\C=C/C=C/C=C/C=C\C=C\C=C\CCCCCC(=O)OC(/C=C\CCCCCCCCCCC)C(COP(=O)(O)OCC[N+](C)(C)C)NC(=O)CCCCCCCCCCCCCCCCCCC/C=C\C/C=C\CCCCC. The maximum Gasteiger partial charge on any atom is 0.472 e. The molecule has 3 unspecified atom stereocenters. The molecule has 0 aromatic carbocycles. The van der Waals surface area contributed by atoms with Crippen LogP contribution in [0.25, 0.3) is 0 Å². The number of carbonyl (C=O) groups is 2. The zero-order valence-corrected chi connectivity index (χ0v) is 54.1. The standard InChI is InChI=1S/C71H125N2O7P/c1-7-10-13-16-19-22-25-27-29-31-32-33-34-35-36-37-38-39-40-42-43-45-48-51-54-57-60-63-70(74)72-68(67-79-81(76,77)78-66-65-73(4,5)6)69(62-59-56-53-50-47-24-21-18-15-12-9-3)80-71(75)64-61-58-55-52-49-46-44-41-30-28-26-23-20-17-14-11-8-2/h11,14,17,19-20,22-23,26-30,41,44,46,49,59,62,68-69H,7-10,12-13,15-16,18,21,24-25,31-40,42-43,45,47-48,50-58,60-61,63-67H2,1-6H3,(H-,72,74,76,77)/p+1/b14-11-,20-17+,22-19-,26-23+,29-27-,30-28-,44-41+,49-46+,62-59-. The number of ether oxygens (including phenoxy) is 1. The molecule has 0 spiro atoms. The van der Waals surface area contributed by atoms with Gasteiger partial charge in [0.15, 0.2) is 0 Å². The van der Waals surface area contributed by atoms with Crippen molar-refractivity contribution in [2.45, 2.75) is 290 Å². The van der Waals surface area contributed by atoms with Crippen molar-refractivity contribution in [3.05, 3.63) is 109 Å². The van der Waals surface area contributed by atoms with Crippen LogP contribution in [-0.2, 0) is 27.9 Å². The van der Waals surface area contributed by atoms with E-state index in [-0.39, 0.29) is 31.5 Å². The lowest BCUT2D eigenvalue weighted by atomic mass is 10.0. The highest BCUT2D eigenvalue weighted by Crippen LogP contribution is 2.43. The predicted octanol–water partition coefficient (Wildman–Crippen LogP) is 20.9. The highest BCUT2D eigenvalue weighted by atomic mass is 31.2. The molecule has 0 aliphatic carbocycles. The number of nitrogens with one attached hydrogen (secondary N) is 1. The number of nitrogens with zero attached hydrogens (tertiary/aromatic N) is 1. The monoisotopic (exact) mass is 1150 g/mol. The molecule has 10 heteroatoms. The van der Waals surface area contributed by atoms with Crippen molar-refractivity contribution in [2.24, 2.45) is 0 Å². The Kier molecular flexibility index (Phi) is 57.4. The number of amides is 1. The Labute approximate surface area is 500 Å². The van der Waals surface area contributed by atoms with E-state index in [0.29, 0.717) is 23.9 Å². The number of allylic oxidation sites excluding steroid dienone is 17. The van der Waals surface area contributed by atoms with Crippen LogP contribution < -0.4 is 5.32 Å². The van der Waals surface area contributed by atoms with Crippen molar-refractivity contribution in [1.82, 2.24) is 5.32 Å². The molecule has 0 aliphatic rings. The number of rotatable bonds is 59. The molecule has 0 aromatic rings. The molecular formula is C71H126N2O7P+. The maximum absolute atomic E-state index is 13.6. The second-order valence-corrected chi connectivity index (χ2v) is 24.9. The van der Waals surface area contributed by atoms with Crippen LogP contribution >= 0.6 is 7.82 Å². The van der Waals surface area contributed by atoms with Gasteiger partial charge in [-0.1, -0.05) is 291 Å². The largest absolute Gasteiger partial charge is 0.472 e. The van der Waals surface area contributed by atoms with Crippen LogP contribution in [0.15, 0.2) is 109 Å². The maximum atomic E-state index is 13.6. The van der Waals surface area contributed by atoms with Crippen LogP contribution in [0.2, 0.25) is 0 Å². The van der Waals surface area contributed by atoms with E-state index in [1.165, 1.54) is 167 Å². The molecule has 1 amide bonds. The number of likely N-dealkylation sites (N-methyl/N-ethyl adjacent to an activating group) is 1. The first kappa shape index (κ1) is 77.7. The van der Waals surface area contributed by atoms with Gasteiger partial charge >= 0.3 is 13.8 Å². The van der Waals surface area contributed by atoms with Gasteiger partial charge in [0, 0.05) is 12.8 Å². The molecule has 466 valence electrons. The van der Waals surface area contributed by atoms with E-state index in [1.54, 1.807) is 0 Å². The number of phosphoric acid groups is 1. The Balaban J connectivity index is 5.08. The summed E-state index contributed by atoms with van der Waals surface area (Å²) in [5.74, 6) is -0.557. The number of hydrogen-bond donors (Lipinski definition) is 2. The molecule has 3 atom stereocenters. The minimum absolute atomic E-state index is 0.0281. The fourth-order valence-electron chi connectivity index (χ4n) is 9.24. The smallest absolute Gasteiger partial charge is 0.456 e. The predicted molar refractivity (Wildman–Crippen MR) is 350 cm³/mol. The minimum Gasteiger partial charge on any atom is -0.456 e. The molecular weight excluding hydrogens is 1020 g/mol. The molecule has 0 saturated carbocycles. The molecule has 0 aromatic heterocycles. The topological polar surface area (TPSA) is 111 Å². The lowest BCUT2D eigenvalue weighted by molar-refractivity contribution is -0.870. The average molecular weight is 1150 g/mol. The number of carbonyl (C=O) groups excluding carboxylic acids is 2. The molecule has 0 rings (SSSR count). The highest BCUT2D eigenvalue weighted by Gasteiger charge is 2.30. The van der Waals surface area contributed by atoms with Crippen LogP contribution in [0, 0.1) is 0 Å². The molecule has 0 bridgehead atoms. The Bertz CT molecular complexity index is 1750. The van der Waals surface area contributed by atoms with Gasteiger partial charge in [-0.25, -0.2) is 4.57 Å². The third kappa shape index (κ3) is 61.1. The van der Waals surface area contributed by atoms with Gasteiger partial charge < -0.3 is 19.4 Å². The summed E-state index contributed by atoms with van der Waals surface area (Å²) >= 11 is 0. The van der Waals surface area contributed by atoms with E-state index < -0.39 is 20.0 Å². The van der Waals surface area contributed by atoms with E-state index in [1.807, 2.05) is 94.1 Å². The second kappa shape index (κ2) is 59.8. The quantitative estimate of drug-likeness (QED) is 0.0156. The second-order valence-electron chi connectivity index (χ2n) is 23.4. The van der Waals surface area contributed by atoms with Crippen LogP contribution in [-0.4, -0.2) is 74.3 Å². The molecule has 0 heterocycles. The van der Waals surface area contributed by atoms with Crippen molar-refractivity contribution in [2.75, 3.05) is 40.9 Å². The number of quaternary nitrogens is 1. The summed E-state index contributed by atoms with van der Waals surface area (Å²) in [5.41, 5.74) is 0. The van der Waals surface area contributed by atoms with Crippen molar-refractivity contribution < 1.29 is 37.3 Å². The van der Waals surface area contributed by atoms with E-state index in [9.17, 15) is 19.0 Å². The van der Waals surface area contributed by atoms with Gasteiger partial charge in [-0.05, 0) is 83.1 Å². The van der Waals surface area contributed by atoms with Crippen LogP contribution in [0.3, 0.4) is 0 Å². The Morgan fingerprint density at radius 1 is 0.457 bits per heavy atom. The minimum atomic E-state index is -4.47. The van der Waals surface area contributed by atoms with Gasteiger partial charge in [0.1, 0.15) is 19.3 Å². The van der Waals surface area contributed by atoms with Gasteiger partial charge in [0.05, 0.1) is 33.8 Å². The number of hydrogen-bond acceptors (Lipinski definition) is 6. The lowest BCUT2D eigenvalue weighted by Crippen LogP contribution is -2.47. The van der Waals surface area contributed by atoms with Crippen molar-refractivity contribution in [1.29, 1.82) is 0 Å². The Morgan fingerprint density at radius 3 is 1.32 bits per heavy atom. The van der Waals surface area contributed by atoms with E-state index in [2.05, 4.69) is 62.5 Å². The molecule has 0 saturated heterocycles. The summed E-state index contributed by atoms with van der Waals surface area (Å²) in [5, 5.41) is 3.05. The fourth-order valence-corrected chi connectivity index (χ4v) is 9.97. The third-order valence-corrected chi connectivity index (χ3v) is 15.3. The van der Waals surface area contributed by atoms with Gasteiger partial charge in [0.25, 0.3) is 0 Å².